The van der Waals surface area contributed by atoms with E-state index in [1.165, 1.54) is 18.4 Å². The van der Waals surface area contributed by atoms with E-state index in [1.807, 2.05) is 53.3 Å². The van der Waals surface area contributed by atoms with Crippen LogP contribution < -0.4 is 4.74 Å². The van der Waals surface area contributed by atoms with Crippen molar-refractivity contribution in [1.29, 1.82) is 0 Å². The van der Waals surface area contributed by atoms with Crippen molar-refractivity contribution in [1.82, 2.24) is 9.78 Å². The Bertz CT molecular complexity index is 1450. The molecule has 0 bridgehead atoms. The summed E-state index contributed by atoms with van der Waals surface area (Å²) in [4.78, 5) is 4.98. The molecular weight excluding hydrogens is 454 g/mol. The van der Waals surface area contributed by atoms with Gasteiger partial charge in [0.1, 0.15) is 5.56 Å². The highest BCUT2D eigenvalue weighted by Gasteiger charge is 2.35. The van der Waals surface area contributed by atoms with E-state index in [0.717, 1.165) is 46.6 Å². The third-order valence-electron chi connectivity index (χ3n) is 6.82. The molecular formula is C33H33N3O. The summed E-state index contributed by atoms with van der Waals surface area (Å²) in [6, 6.07) is 26.8. The monoisotopic (exact) mass is 487 g/mol. The predicted octanol–water partition coefficient (Wildman–Crippen LogP) is 7.64. The lowest BCUT2D eigenvalue weighted by Gasteiger charge is -2.22. The molecule has 0 saturated carbocycles. The molecule has 1 aliphatic rings. The van der Waals surface area contributed by atoms with Gasteiger partial charge in [-0.05, 0) is 47.9 Å². The van der Waals surface area contributed by atoms with Crippen molar-refractivity contribution < 1.29 is 4.74 Å². The lowest BCUT2D eigenvalue weighted by molar-refractivity contribution is 0.291. The number of nitrogens with zero attached hydrogens (tertiary/aromatic N) is 3. The average molecular weight is 488 g/mol. The summed E-state index contributed by atoms with van der Waals surface area (Å²) >= 11 is 0. The number of para-hydroxylation sites is 1. The van der Waals surface area contributed by atoms with E-state index in [2.05, 4.69) is 69.0 Å². The number of aromatic nitrogens is 2. The highest BCUT2D eigenvalue weighted by atomic mass is 16.5. The van der Waals surface area contributed by atoms with Crippen molar-refractivity contribution in [2.45, 2.75) is 51.9 Å². The van der Waals surface area contributed by atoms with Gasteiger partial charge in [0.05, 0.1) is 29.9 Å². The van der Waals surface area contributed by atoms with Crippen molar-refractivity contribution in [3.05, 3.63) is 107 Å². The molecule has 5 rings (SSSR count). The first-order chi connectivity index (χ1) is 18.1. The van der Waals surface area contributed by atoms with Crippen LogP contribution in [0.2, 0.25) is 0 Å². The van der Waals surface area contributed by atoms with Gasteiger partial charge in [0.25, 0.3) is 0 Å². The third-order valence-corrected chi connectivity index (χ3v) is 6.82. The first-order valence-corrected chi connectivity index (χ1v) is 13.2. The topological polar surface area (TPSA) is 39.4 Å². The van der Waals surface area contributed by atoms with Gasteiger partial charge in [0.2, 0.25) is 5.88 Å². The molecule has 37 heavy (non-hydrogen) atoms. The van der Waals surface area contributed by atoms with Gasteiger partial charge >= 0.3 is 0 Å². The molecule has 0 aliphatic carbocycles. The molecule has 0 fully saturated rings. The van der Waals surface area contributed by atoms with E-state index in [1.54, 1.807) is 0 Å². The van der Waals surface area contributed by atoms with Gasteiger partial charge in [-0.1, -0.05) is 100 Å². The number of benzene rings is 3. The fourth-order valence-corrected chi connectivity index (χ4v) is 4.72. The standard InChI is InChI=1S/C33H33N3O/c1-4-5-6-13-22-37-32-27(24-36(35-32)28-16-11-8-12-17-28)20-18-25-19-21-30-29(23-25)33(2,3)31(34-30)26-14-9-7-10-15-26/h7-12,14-17,19,21,23-24H,4-6,13,22H2,1-3H3. The Kier molecular flexibility index (Phi) is 7.23. The third kappa shape index (κ3) is 5.37. The quantitative estimate of drug-likeness (QED) is 0.189. The number of ether oxygens (including phenoxy) is 1. The van der Waals surface area contributed by atoms with Gasteiger partial charge in [-0.3, -0.25) is 4.99 Å². The lowest BCUT2D eigenvalue weighted by Crippen LogP contribution is -2.26. The minimum Gasteiger partial charge on any atom is -0.476 e. The van der Waals surface area contributed by atoms with Gasteiger partial charge in [-0.15, -0.1) is 5.10 Å². The molecule has 0 atom stereocenters. The second-order valence-corrected chi connectivity index (χ2v) is 9.97. The van der Waals surface area contributed by atoms with Crippen LogP contribution in [0.4, 0.5) is 5.69 Å². The second-order valence-electron chi connectivity index (χ2n) is 9.97. The Hall–Kier alpha value is -4.10. The van der Waals surface area contributed by atoms with Gasteiger partial charge < -0.3 is 4.74 Å². The van der Waals surface area contributed by atoms with Crippen molar-refractivity contribution in [2.24, 2.45) is 4.99 Å². The molecule has 0 unspecified atom stereocenters. The van der Waals surface area contributed by atoms with E-state index in [9.17, 15) is 0 Å². The van der Waals surface area contributed by atoms with Crippen LogP contribution in [0.1, 0.15) is 68.7 Å². The van der Waals surface area contributed by atoms with E-state index >= 15 is 0 Å². The number of aliphatic imine (C=N–C) groups is 1. The number of hydrogen-bond acceptors (Lipinski definition) is 3. The van der Waals surface area contributed by atoms with E-state index < -0.39 is 0 Å². The molecule has 4 heteroatoms. The molecule has 4 aromatic rings. The molecule has 0 spiro atoms. The normalized spacial score (nSPS) is 13.4. The summed E-state index contributed by atoms with van der Waals surface area (Å²) in [6.45, 7) is 7.32. The summed E-state index contributed by atoms with van der Waals surface area (Å²) in [5.74, 6) is 7.29. The Balaban J connectivity index is 1.41. The Morgan fingerprint density at radius 2 is 1.62 bits per heavy atom. The van der Waals surface area contributed by atoms with Gasteiger partial charge in [0, 0.05) is 11.0 Å². The zero-order chi connectivity index (χ0) is 25.7. The fourth-order valence-electron chi connectivity index (χ4n) is 4.72. The number of rotatable bonds is 8. The molecule has 0 N–H and O–H groups in total. The van der Waals surface area contributed by atoms with Crippen molar-refractivity contribution in [2.75, 3.05) is 6.61 Å². The smallest absolute Gasteiger partial charge is 0.249 e. The molecule has 2 heterocycles. The summed E-state index contributed by atoms with van der Waals surface area (Å²) in [6.07, 6.45) is 6.56. The van der Waals surface area contributed by atoms with Crippen molar-refractivity contribution in [3.8, 4) is 23.4 Å². The molecule has 0 amide bonds. The Morgan fingerprint density at radius 3 is 2.38 bits per heavy atom. The first kappa shape index (κ1) is 24.6. The SMILES string of the molecule is CCCCCCOc1nn(-c2ccccc2)cc1C#Cc1ccc2c(c1)C(C)(C)C(c1ccccc1)=N2. The minimum atomic E-state index is -0.195. The molecule has 0 saturated heterocycles. The zero-order valence-corrected chi connectivity index (χ0v) is 21.9. The molecule has 0 radical (unpaired) electrons. The molecule has 1 aliphatic heterocycles. The minimum absolute atomic E-state index is 0.195. The highest BCUT2D eigenvalue weighted by Crippen LogP contribution is 2.42. The van der Waals surface area contributed by atoms with E-state index in [4.69, 9.17) is 14.8 Å². The molecule has 1 aromatic heterocycles. The van der Waals surface area contributed by atoms with Crippen LogP contribution in [-0.4, -0.2) is 22.1 Å². The van der Waals surface area contributed by atoms with Crippen LogP contribution in [0.25, 0.3) is 5.69 Å². The zero-order valence-electron chi connectivity index (χ0n) is 21.9. The first-order valence-electron chi connectivity index (χ1n) is 13.2. The van der Waals surface area contributed by atoms with Crippen LogP contribution in [0, 0.1) is 11.8 Å². The maximum Gasteiger partial charge on any atom is 0.249 e. The lowest BCUT2D eigenvalue weighted by atomic mass is 9.78. The maximum absolute atomic E-state index is 6.09. The van der Waals surface area contributed by atoms with Crippen LogP contribution in [0.5, 0.6) is 5.88 Å². The highest BCUT2D eigenvalue weighted by molar-refractivity contribution is 6.12. The number of fused-ring (bicyclic) bond motifs is 1. The largest absolute Gasteiger partial charge is 0.476 e. The van der Waals surface area contributed by atoms with Crippen LogP contribution in [0.3, 0.4) is 0 Å². The van der Waals surface area contributed by atoms with Crippen LogP contribution >= 0.6 is 0 Å². The summed E-state index contributed by atoms with van der Waals surface area (Å²) in [7, 11) is 0. The van der Waals surface area contributed by atoms with Crippen LogP contribution in [-0.2, 0) is 5.41 Å². The maximum atomic E-state index is 6.09. The van der Waals surface area contributed by atoms with E-state index in [0.29, 0.717) is 12.5 Å². The van der Waals surface area contributed by atoms with Crippen molar-refractivity contribution >= 4 is 11.4 Å². The number of unbranched alkanes of at least 4 members (excludes halogenated alkanes) is 3. The van der Waals surface area contributed by atoms with Gasteiger partial charge in [0.15, 0.2) is 0 Å². The van der Waals surface area contributed by atoms with Gasteiger partial charge in [-0.25, -0.2) is 4.68 Å². The van der Waals surface area contributed by atoms with Crippen LogP contribution in [0.15, 0.2) is 90.1 Å². The summed E-state index contributed by atoms with van der Waals surface area (Å²) in [5.41, 5.74) is 7.00. The molecule has 186 valence electrons. The molecule has 3 aromatic carbocycles. The number of hydrogen-bond donors (Lipinski definition) is 0. The van der Waals surface area contributed by atoms with E-state index in [-0.39, 0.29) is 5.41 Å². The summed E-state index contributed by atoms with van der Waals surface area (Å²) in [5, 5.41) is 4.71. The second kappa shape index (κ2) is 10.9. The van der Waals surface area contributed by atoms with Gasteiger partial charge in [-0.2, -0.15) is 0 Å². The Morgan fingerprint density at radius 1 is 0.865 bits per heavy atom. The average Bonchev–Trinajstić information content (AvgIpc) is 3.46. The predicted molar refractivity (Wildman–Crippen MR) is 151 cm³/mol. The fraction of sp³-hybridized carbons (Fsp3) is 0.273. The summed E-state index contributed by atoms with van der Waals surface area (Å²) < 4.78 is 7.94. The Labute approximate surface area is 220 Å². The van der Waals surface area contributed by atoms with Crippen molar-refractivity contribution in [3.63, 3.8) is 0 Å². The molecule has 4 nitrogen and oxygen atoms in total.